The van der Waals surface area contributed by atoms with Crippen LogP contribution >= 0.6 is 12.4 Å². The molecule has 0 atom stereocenters. The molecule has 5 heteroatoms. The Hall–Kier alpha value is -1.36. The largest absolute Gasteiger partial charge is 0.330 e. The lowest BCUT2D eigenvalue weighted by Gasteiger charge is -2.31. The van der Waals surface area contributed by atoms with Crippen molar-refractivity contribution in [2.24, 2.45) is 11.7 Å². The van der Waals surface area contributed by atoms with E-state index in [2.05, 4.69) is 34.3 Å². The number of aromatic nitrogens is 2. The Bertz CT molecular complexity index is 516. The molecule has 1 fully saturated rings. The van der Waals surface area contributed by atoms with Gasteiger partial charge in [-0.2, -0.15) is 5.10 Å². The molecule has 1 aromatic heterocycles. The van der Waals surface area contributed by atoms with Crippen LogP contribution in [-0.4, -0.2) is 34.3 Å². The summed E-state index contributed by atoms with van der Waals surface area (Å²) >= 11 is 0. The molecule has 1 saturated heterocycles. The zero-order valence-electron chi connectivity index (χ0n) is 12.2. The van der Waals surface area contributed by atoms with E-state index >= 15 is 0 Å². The number of nitrogens with zero attached hydrogens (tertiary/aromatic N) is 3. The Morgan fingerprint density at radius 3 is 2.43 bits per heavy atom. The van der Waals surface area contributed by atoms with Crippen LogP contribution in [0.1, 0.15) is 18.4 Å². The lowest BCUT2D eigenvalue weighted by Crippen LogP contribution is -2.35. The highest BCUT2D eigenvalue weighted by atomic mass is 35.5. The summed E-state index contributed by atoms with van der Waals surface area (Å²) in [6, 6.07) is 10.6. The Labute approximate surface area is 132 Å². The SMILES string of the molecule is Cl.NCC1CCN(Cc2ccc(-n3cccn3)cc2)CC1. The van der Waals surface area contributed by atoms with Crippen LogP contribution < -0.4 is 5.73 Å². The third kappa shape index (κ3) is 4.06. The quantitative estimate of drug-likeness (QED) is 0.944. The van der Waals surface area contributed by atoms with Crippen LogP contribution in [0.2, 0.25) is 0 Å². The predicted octanol–water partition coefficient (Wildman–Crippen LogP) is 2.46. The summed E-state index contributed by atoms with van der Waals surface area (Å²) in [4.78, 5) is 2.52. The van der Waals surface area contributed by atoms with Crippen molar-refractivity contribution in [2.75, 3.05) is 19.6 Å². The first kappa shape index (κ1) is 16.0. The van der Waals surface area contributed by atoms with Crippen molar-refractivity contribution in [3.63, 3.8) is 0 Å². The van der Waals surface area contributed by atoms with Crippen LogP contribution in [0.25, 0.3) is 5.69 Å². The monoisotopic (exact) mass is 306 g/mol. The van der Waals surface area contributed by atoms with Crippen LogP contribution in [0.15, 0.2) is 42.7 Å². The van der Waals surface area contributed by atoms with Crippen molar-refractivity contribution >= 4 is 12.4 Å². The average Bonchev–Trinajstić information content (AvgIpc) is 3.03. The van der Waals surface area contributed by atoms with Crippen molar-refractivity contribution in [1.82, 2.24) is 14.7 Å². The van der Waals surface area contributed by atoms with Gasteiger partial charge >= 0.3 is 0 Å². The Morgan fingerprint density at radius 2 is 1.86 bits per heavy atom. The van der Waals surface area contributed by atoms with Gasteiger partial charge in [0.2, 0.25) is 0 Å². The molecule has 0 aliphatic carbocycles. The minimum atomic E-state index is 0. The molecule has 2 N–H and O–H groups in total. The molecule has 0 spiro atoms. The molecule has 0 amide bonds. The number of nitrogens with two attached hydrogens (primary N) is 1. The van der Waals surface area contributed by atoms with E-state index in [0.29, 0.717) is 0 Å². The van der Waals surface area contributed by atoms with Gasteiger partial charge in [0, 0.05) is 18.9 Å². The molecule has 21 heavy (non-hydrogen) atoms. The molecule has 4 nitrogen and oxygen atoms in total. The van der Waals surface area contributed by atoms with Crippen LogP contribution in [0.3, 0.4) is 0 Å². The van der Waals surface area contributed by atoms with Gasteiger partial charge in [-0.3, -0.25) is 4.90 Å². The molecule has 1 aromatic carbocycles. The van der Waals surface area contributed by atoms with Gasteiger partial charge in [0.05, 0.1) is 5.69 Å². The van der Waals surface area contributed by atoms with Crippen LogP contribution in [0.4, 0.5) is 0 Å². The fourth-order valence-electron chi connectivity index (χ4n) is 2.81. The van der Waals surface area contributed by atoms with E-state index in [9.17, 15) is 0 Å². The lowest BCUT2D eigenvalue weighted by atomic mass is 9.97. The van der Waals surface area contributed by atoms with Gasteiger partial charge in [0.15, 0.2) is 0 Å². The van der Waals surface area contributed by atoms with Gasteiger partial charge in [0.25, 0.3) is 0 Å². The Kier molecular flexibility index (Phi) is 5.79. The van der Waals surface area contributed by atoms with E-state index in [1.165, 1.54) is 31.5 Å². The maximum Gasteiger partial charge on any atom is 0.0645 e. The summed E-state index contributed by atoms with van der Waals surface area (Å²) in [7, 11) is 0. The van der Waals surface area contributed by atoms with Crippen LogP contribution in [0.5, 0.6) is 0 Å². The van der Waals surface area contributed by atoms with E-state index in [1.807, 2.05) is 16.9 Å². The standard InChI is InChI=1S/C16H22N4.ClH/c17-12-14-6-10-19(11-7-14)13-15-2-4-16(5-3-15)20-9-1-8-18-20;/h1-5,8-9,14H,6-7,10-13,17H2;1H. The first-order valence-corrected chi connectivity index (χ1v) is 7.36. The van der Waals surface area contributed by atoms with Gasteiger partial charge < -0.3 is 5.73 Å². The van der Waals surface area contributed by atoms with Crippen molar-refractivity contribution in [3.05, 3.63) is 48.3 Å². The number of hydrogen-bond donors (Lipinski definition) is 1. The second-order valence-corrected chi connectivity index (χ2v) is 5.57. The molecule has 3 rings (SSSR count). The van der Waals surface area contributed by atoms with E-state index in [-0.39, 0.29) is 12.4 Å². The molecular formula is C16H23ClN4. The van der Waals surface area contributed by atoms with Crippen molar-refractivity contribution in [2.45, 2.75) is 19.4 Å². The first-order valence-electron chi connectivity index (χ1n) is 7.36. The highest BCUT2D eigenvalue weighted by Gasteiger charge is 2.17. The van der Waals surface area contributed by atoms with E-state index in [4.69, 9.17) is 5.73 Å². The highest BCUT2D eigenvalue weighted by Crippen LogP contribution is 2.18. The number of rotatable bonds is 4. The van der Waals surface area contributed by atoms with Gasteiger partial charge in [-0.1, -0.05) is 12.1 Å². The second-order valence-electron chi connectivity index (χ2n) is 5.57. The highest BCUT2D eigenvalue weighted by molar-refractivity contribution is 5.85. The number of piperidine rings is 1. The van der Waals surface area contributed by atoms with Gasteiger partial charge in [-0.15, -0.1) is 12.4 Å². The maximum absolute atomic E-state index is 5.74. The minimum absolute atomic E-state index is 0. The Balaban J connectivity index is 0.00000161. The van der Waals surface area contributed by atoms with Crippen LogP contribution in [0, 0.1) is 5.92 Å². The number of benzene rings is 1. The molecule has 1 aliphatic heterocycles. The average molecular weight is 307 g/mol. The molecule has 1 aliphatic rings. The topological polar surface area (TPSA) is 47.1 Å². The van der Waals surface area contributed by atoms with Gasteiger partial charge in [-0.05, 0) is 62.2 Å². The third-order valence-corrected chi connectivity index (χ3v) is 4.15. The molecule has 114 valence electrons. The van der Waals surface area contributed by atoms with Crippen molar-refractivity contribution in [3.8, 4) is 5.69 Å². The molecule has 0 saturated carbocycles. The maximum atomic E-state index is 5.74. The molecule has 0 unspecified atom stereocenters. The normalized spacial score (nSPS) is 16.6. The predicted molar refractivity (Wildman–Crippen MR) is 87.9 cm³/mol. The van der Waals surface area contributed by atoms with E-state index in [1.54, 1.807) is 6.20 Å². The van der Waals surface area contributed by atoms with Crippen molar-refractivity contribution < 1.29 is 0 Å². The van der Waals surface area contributed by atoms with Crippen LogP contribution in [-0.2, 0) is 6.54 Å². The Morgan fingerprint density at radius 1 is 1.14 bits per heavy atom. The molecule has 0 bridgehead atoms. The van der Waals surface area contributed by atoms with Gasteiger partial charge in [0.1, 0.15) is 0 Å². The van der Waals surface area contributed by atoms with Gasteiger partial charge in [-0.25, -0.2) is 4.68 Å². The molecule has 2 aromatic rings. The van der Waals surface area contributed by atoms with Crippen molar-refractivity contribution in [1.29, 1.82) is 0 Å². The van der Waals surface area contributed by atoms with E-state index in [0.717, 1.165) is 24.7 Å². The van der Waals surface area contributed by atoms with E-state index < -0.39 is 0 Å². The third-order valence-electron chi connectivity index (χ3n) is 4.15. The summed E-state index contributed by atoms with van der Waals surface area (Å²) in [5.41, 5.74) is 8.22. The second kappa shape index (κ2) is 7.59. The number of halogens is 1. The number of likely N-dealkylation sites (tertiary alicyclic amines) is 1. The lowest BCUT2D eigenvalue weighted by molar-refractivity contribution is 0.180. The number of hydrogen-bond acceptors (Lipinski definition) is 3. The molecule has 0 radical (unpaired) electrons. The summed E-state index contributed by atoms with van der Waals surface area (Å²) < 4.78 is 1.89. The first-order chi connectivity index (χ1) is 9.85. The smallest absolute Gasteiger partial charge is 0.0645 e. The zero-order chi connectivity index (χ0) is 13.8. The fourth-order valence-corrected chi connectivity index (χ4v) is 2.81. The summed E-state index contributed by atoms with van der Waals surface area (Å²) in [5.74, 6) is 0.730. The minimum Gasteiger partial charge on any atom is -0.330 e. The zero-order valence-corrected chi connectivity index (χ0v) is 13.0. The fraction of sp³-hybridized carbons (Fsp3) is 0.438. The molecular weight excluding hydrogens is 284 g/mol. The molecule has 2 heterocycles. The summed E-state index contributed by atoms with van der Waals surface area (Å²) in [6.45, 7) is 4.22. The summed E-state index contributed by atoms with van der Waals surface area (Å²) in [6.07, 6.45) is 6.24. The summed E-state index contributed by atoms with van der Waals surface area (Å²) in [5, 5.41) is 4.24.